The van der Waals surface area contributed by atoms with Crippen molar-refractivity contribution in [3.8, 4) is 0 Å². The normalized spacial score (nSPS) is 18.0. The van der Waals surface area contributed by atoms with Crippen LogP contribution >= 0.6 is 7.82 Å². The zero-order chi connectivity index (χ0) is 38.5. The highest BCUT2D eigenvalue weighted by molar-refractivity contribution is 7.47. The van der Waals surface area contributed by atoms with Crippen LogP contribution in [0.2, 0.25) is 0 Å². The monoisotopic (exact) mass is 764 g/mol. The van der Waals surface area contributed by atoms with Crippen molar-refractivity contribution in [2.75, 3.05) is 26.4 Å². The number of epoxide rings is 1. The van der Waals surface area contributed by atoms with Crippen molar-refractivity contribution in [2.24, 2.45) is 5.73 Å². The van der Waals surface area contributed by atoms with Crippen molar-refractivity contribution >= 4 is 13.8 Å². The maximum absolute atomic E-state index is 12.4. The van der Waals surface area contributed by atoms with Crippen molar-refractivity contribution in [2.45, 2.75) is 167 Å². The third kappa shape index (κ3) is 32.9. The zero-order valence-corrected chi connectivity index (χ0v) is 34.1. The summed E-state index contributed by atoms with van der Waals surface area (Å²) in [6.45, 7) is 3.99. The highest BCUT2D eigenvalue weighted by Gasteiger charge is 2.35. The SMILES string of the molecule is CC/C=C\CC1OC1C/C=C\C/C=C\C/C=C\C/C=C\CCC(=O)OC[C@H](COP(=O)(O)OCCN)O/C=C/CCCCCCCCCCCCCC. The number of phosphoric acid groups is 1. The summed E-state index contributed by atoms with van der Waals surface area (Å²) >= 11 is 0. The number of nitrogens with two attached hydrogens (primary N) is 1. The number of carbonyl (C=O) groups excluding carboxylic acids is 1. The lowest BCUT2D eigenvalue weighted by Crippen LogP contribution is -2.25. The predicted molar refractivity (Wildman–Crippen MR) is 218 cm³/mol. The first-order valence-electron chi connectivity index (χ1n) is 20.6. The van der Waals surface area contributed by atoms with Gasteiger partial charge in [0.15, 0.2) is 6.10 Å². The second-order valence-electron chi connectivity index (χ2n) is 13.6. The number of hydrogen-bond donors (Lipinski definition) is 2. The Hall–Kier alpha value is -2.26. The number of carbonyl (C=O) groups is 1. The van der Waals surface area contributed by atoms with Crippen LogP contribution in [0.1, 0.15) is 149 Å². The van der Waals surface area contributed by atoms with Gasteiger partial charge in [0.05, 0.1) is 31.7 Å². The Morgan fingerprint density at radius 2 is 1.25 bits per heavy atom. The molecule has 1 aliphatic heterocycles. The van der Waals surface area contributed by atoms with Gasteiger partial charge in [-0.25, -0.2) is 4.57 Å². The Morgan fingerprint density at radius 3 is 1.83 bits per heavy atom. The second-order valence-corrected chi connectivity index (χ2v) is 15.0. The van der Waals surface area contributed by atoms with Crippen LogP contribution in [0.4, 0.5) is 0 Å². The minimum Gasteiger partial charge on any atom is -0.492 e. The molecule has 0 aromatic carbocycles. The van der Waals surface area contributed by atoms with E-state index in [2.05, 4.69) is 62.5 Å². The summed E-state index contributed by atoms with van der Waals surface area (Å²) in [6.07, 6.45) is 47.8. The van der Waals surface area contributed by atoms with E-state index in [9.17, 15) is 14.3 Å². The van der Waals surface area contributed by atoms with E-state index in [0.717, 1.165) is 51.4 Å². The summed E-state index contributed by atoms with van der Waals surface area (Å²) in [6, 6.07) is 0. The lowest BCUT2D eigenvalue weighted by atomic mass is 10.0. The molecule has 0 bridgehead atoms. The maximum Gasteiger partial charge on any atom is 0.472 e. The second kappa shape index (κ2) is 35.4. The quantitative estimate of drug-likeness (QED) is 0.0159. The van der Waals surface area contributed by atoms with E-state index in [1.807, 2.05) is 18.2 Å². The molecule has 53 heavy (non-hydrogen) atoms. The number of allylic oxidation sites excluding steroid dienone is 9. The van der Waals surface area contributed by atoms with Gasteiger partial charge in [0, 0.05) is 13.0 Å². The largest absolute Gasteiger partial charge is 0.492 e. The molecule has 304 valence electrons. The van der Waals surface area contributed by atoms with Gasteiger partial charge in [-0.15, -0.1) is 0 Å². The summed E-state index contributed by atoms with van der Waals surface area (Å²) in [5.41, 5.74) is 5.35. The van der Waals surface area contributed by atoms with Gasteiger partial charge in [0.2, 0.25) is 0 Å². The number of esters is 1. The average Bonchev–Trinajstić information content (AvgIpc) is 3.91. The molecule has 1 fully saturated rings. The van der Waals surface area contributed by atoms with Gasteiger partial charge in [0.1, 0.15) is 6.61 Å². The molecule has 1 heterocycles. The molecule has 0 aromatic heterocycles. The number of rotatable bonds is 37. The standard InChI is InChI=1S/C43H74NO8P/c1-3-5-7-8-9-10-11-12-15-18-21-24-27-31-36-48-40(39-51-53(46,47)50-37-35-44)38-49-43(45)34-30-26-23-20-17-14-13-16-19-22-25-29-33-42-41(52-42)32-28-6-4-2/h6,14,16-17,19,23,25-26,28-29,31,36,40-42H,3-5,7-13,15,18,20-22,24,27,30,32-35,37-39,44H2,1-2H3,(H,46,47)/b17-14-,19-16-,26-23-,28-6-,29-25-,36-31+/t40-,41?,42?/m1/s1. The third-order valence-electron chi connectivity index (χ3n) is 8.64. The maximum atomic E-state index is 12.4. The molecule has 3 unspecified atom stereocenters. The first-order chi connectivity index (χ1) is 25.9. The van der Waals surface area contributed by atoms with E-state index in [0.29, 0.717) is 18.6 Å². The minimum absolute atomic E-state index is 0.0865. The third-order valence-corrected chi connectivity index (χ3v) is 9.63. The molecule has 3 N–H and O–H groups in total. The first kappa shape index (κ1) is 48.8. The fraction of sp³-hybridized carbons (Fsp3) is 0.698. The van der Waals surface area contributed by atoms with Crippen molar-refractivity contribution in [3.63, 3.8) is 0 Å². The van der Waals surface area contributed by atoms with E-state index in [1.54, 1.807) is 6.26 Å². The molecule has 0 radical (unpaired) electrons. The van der Waals surface area contributed by atoms with Gasteiger partial charge < -0.3 is 24.8 Å². The average molecular weight is 764 g/mol. The summed E-state index contributed by atoms with van der Waals surface area (Å²) in [5, 5.41) is 0. The molecule has 1 aliphatic rings. The summed E-state index contributed by atoms with van der Waals surface area (Å²) in [7, 11) is -4.29. The molecule has 4 atom stereocenters. The molecule has 0 spiro atoms. The van der Waals surface area contributed by atoms with Crippen LogP contribution in [0.3, 0.4) is 0 Å². The smallest absolute Gasteiger partial charge is 0.472 e. The Bertz CT molecular complexity index is 1100. The zero-order valence-electron chi connectivity index (χ0n) is 33.2. The summed E-state index contributed by atoms with van der Waals surface area (Å²) < 4.78 is 38.7. The van der Waals surface area contributed by atoms with Crippen molar-refractivity contribution < 1.29 is 37.5 Å². The Kier molecular flexibility index (Phi) is 32.6. The molecular formula is C43H74NO8P. The fourth-order valence-corrected chi connectivity index (χ4v) is 6.22. The lowest BCUT2D eigenvalue weighted by molar-refractivity contribution is -0.147. The molecule has 1 rings (SSSR count). The van der Waals surface area contributed by atoms with E-state index in [4.69, 9.17) is 29.0 Å². The van der Waals surface area contributed by atoms with E-state index >= 15 is 0 Å². The number of ether oxygens (including phenoxy) is 3. The Morgan fingerprint density at radius 1 is 0.698 bits per heavy atom. The fourth-order valence-electron chi connectivity index (χ4n) is 5.46. The number of phosphoric ester groups is 1. The van der Waals surface area contributed by atoms with Gasteiger partial charge in [-0.05, 0) is 63.9 Å². The molecule has 9 nitrogen and oxygen atoms in total. The molecule has 1 saturated heterocycles. The topological polar surface area (TPSA) is 130 Å². The lowest BCUT2D eigenvalue weighted by Gasteiger charge is -2.19. The van der Waals surface area contributed by atoms with Crippen LogP contribution in [-0.2, 0) is 32.6 Å². The number of unbranched alkanes of at least 4 members (excludes halogenated alkanes) is 12. The summed E-state index contributed by atoms with van der Waals surface area (Å²) in [5.74, 6) is -0.376. The Balaban J connectivity index is 2.21. The van der Waals surface area contributed by atoms with Crippen molar-refractivity contribution in [1.82, 2.24) is 0 Å². The van der Waals surface area contributed by atoms with Crippen LogP contribution in [0, 0.1) is 0 Å². The van der Waals surface area contributed by atoms with Gasteiger partial charge in [-0.2, -0.15) is 0 Å². The predicted octanol–water partition coefficient (Wildman–Crippen LogP) is 11.3. The van der Waals surface area contributed by atoms with Crippen molar-refractivity contribution in [1.29, 1.82) is 0 Å². The summed E-state index contributed by atoms with van der Waals surface area (Å²) in [4.78, 5) is 22.2. The molecule has 0 amide bonds. The van der Waals surface area contributed by atoms with Crippen LogP contribution in [-0.4, -0.2) is 55.5 Å². The van der Waals surface area contributed by atoms with Gasteiger partial charge in [-0.1, -0.05) is 145 Å². The highest BCUT2D eigenvalue weighted by atomic mass is 31.2. The minimum atomic E-state index is -4.29. The molecule has 10 heteroatoms. The van der Waals surface area contributed by atoms with Gasteiger partial charge in [0.25, 0.3) is 0 Å². The van der Waals surface area contributed by atoms with Crippen LogP contribution in [0.15, 0.2) is 73.1 Å². The van der Waals surface area contributed by atoms with Crippen LogP contribution in [0.5, 0.6) is 0 Å². The van der Waals surface area contributed by atoms with Gasteiger partial charge in [-0.3, -0.25) is 13.8 Å². The van der Waals surface area contributed by atoms with Gasteiger partial charge >= 0.3 is 13.8 Å². The van der Waals surface area contributed by atoms with Crippen LogP contribution < -0.4 is 5.73 Å². The van der Waals surface area contributed by atoms with E-state index in [-0.39, 0.29) is 38.8 Å². The first-order valence-corrected chi connectivity index (χ1v) is 22.1. The van der Waals surface area contributed by atoms with E-state index in [1.165, 1.54) is 70.6 Å². The molecular weight excluding hydrogens is 689 g/mol. The van der Waals surface area contributed by atoms with E-state index < -0.39 is 13.9 Å². The molecule has 0 aliphatic carbocycles. The molecule has 0 saturated carbocycles. The van der Waals surface area contributed by atoms with Crippen LogP contribution in [0.25, 0.3) is 0 Å². The highest BCUT2D eigenvalue weighted by Crippen LogP contribution is 2.43. The number of hydrogen-bond acceptors (Lipinski definition) is 8. The molecule has 0 aromatic rings. The Labute approximate surface area is 322 Å². The van der Waals surface area contributed by atoms with Crippen molar-refractivity contribution in [3.05, 3.63) is 73.1 Å².